The van der Waals surface area contributed by atoms with Gasteiger partial charge < -0.3 is 10.6 Å². The number of pyridine rings is 1. The van der Waals surface area contributed by atoms with Gasteiger partial charge in [0.2, 0.25) is 5.91 Å². The maximum absolute atomic E-state index is 11.3. The van der Waals surface area contributed by atoms with Crippen molar-refractivity contribution in [3.05, 3.63) is 36.5 Å². The van der Waals surface area contributed by atoms with Crippen molar-refractivity contribution in [1.82, 2.24) is 10.3 Å². The molecular formula is C12H13N3O. The van der Waals surface area contributed by atoms with Crippen molar-refractivity contribution in [2.75, 3.05) is 18.9 Å². The second kappa shape index (κ2) is 4.72. The molecule has 1 heterocycles. The lowest BCUT2D eigenvalue weighted by Gasteiger charge is -2.05. The van der Waals surface area contributed by atoms with Gasteiger partial charge >= 0.3 is 0 Å². The van der Waals surface area contributed by atoms with Gasteiger partial charge in [0.25, 0.3) is 0 Å². The van der Waals surface area contributed by atoms with Crippen LogP contribution in [0, 0.1) is 0 Å². The normalized spacial score (nSPS) is 10.3. The lowest BCUT2D eigenvalue weighted by molar-refractivity contribution is -0.115. The fourth-order valence-corrected chi connectivity index (χ4v) is 1.51. The number of carbonyl (C=O) groups excluding carboxylic acids is 1. The van der Waals surface area contributed by atoms with Crippen LogP contribution in [0.25, 0.3) is 10.9 Å². The van der Waals surface area contributed by atoms with Crippen LogP contribution in [0.5, 0.6) is 0 Å². The van der Waals surface area contributed by atoms with E-state index in [-0.39, 0.29) is 5.91 Å². The van der Waals surface area contributed by atoms with Crippen LogP contribution < -0.4 is 10.6 Å². The molecule has 2 aromatic rings. The van der Waals surface area contributed by atoms with E-state index in [1.807, 2.05) is 30.3 Å². The molecule has 2 N–H and O–H groups in total. The Morgan fingerprint density at radius 2 is 2.19 bits per heavy atom. The van der Waals surface area contributed by atoms with Crippen LogP contribution in [0.3, 0.4) is 0 Å². The van der Waals surface area contributed by atoms with Gasteiger partial charge in [-0.15, -0.1) is 0 Å². The number of para-hydroxylation sites is 1. The van der Waals surface area contributed by atoms with Crippen molar-refractivity contribution in [3.63, 3.8) is 0 Å². The monoisotopic (exact) mass is 215 g/mol. The van der Waals surface area contributed by atoms with E-state index in [1.54, 1.807) is 13.2 Å². The van der Waals surface area contributed by atoms with Gasteiger partial charge in [0.1, 0.15) is 0 Å². The molecule has 0 bridgehead atoms. The summed E-state index contributed by atoms with van der Waals surface area (Å²) in [6.07, 6.45) is 1.66. The molecule has 0 aliphatic rings. The molecule has 16 heavy (non-hydrogen) atoms. The summed E-state index contributed by atoms with van der Waals surface area (Å²) in [4.78, 5) is 15.6. The van der Waals surface area contributed by atoms with Crippen LogP contribution in [0.4, 0.5) is 5.69 Å². The van der Waals surface area contributed by atoms with Gasteiger partial charge in [-0.3, -0.25) is 9.78 Å². The molecule has 2 rings (SSSR count). The Bertz CT molecular complexity index is 510. The quantitative estimate of drug-likeness (QED) is 0.813. The Morgan fingerprint density at radius 3 is 3.00 bits per heavy atom. The number of nitrogens with zero attached hydrogens (tertiary/aromatic N) is 1. The van der Waals surface area contributed by atoms with E-state index in [2.05, 4.69) is 15.6 Å². The molecule has 0 unspecified atom stereocenters. The third-order valence-corrected chi connectivity index (χ3v) is 2.21. The zero-order valence-corrected chi connectivity index (χ0v) is 9.03. The second-order valence-corrected chi connectivity index (χ2v) is 3.50. The molecule has 0 saturated heterocycles. The summed E-state index contributed by atoms with van der Waals surface area (Å²) in [6, 6.07) is 9.71. The Morgan fingerprint density at radius 1 is 1.38 bits per heavy atom. The number of carbonyl (C=O) groups is 1. The van der Waals surface area contributed by atoms with Crippen molar-refractivity contribution in [1.29, 1.82) is 0 Å². The van der Waals surface area contributed by atoms with Crippen LogP contribution in [-0.2, 0) is 4.79 Å². The molecule has 4 nitrogen and oxygen atoms in total. The summed E-state index contributed by atoms with van der Waals surface area (Å²) in [5.41, 5.74) is 1.65. The number of anilines is 1. The maximum Gasteiger partial charge on any atom is 0.238 e. The molecular weight excluding hydrogens is 202 g/mol. The highest BCUT2D eigenvalue weighted by Gasteiger charge is 2.01. The fourth-order valence-electron chi connectivity index (χ4n) is 1.51. The Hall–Kier alpha value is -1.94. The zero-order valence-electron chi connectivity index (χ0n) is 9.03. The van der Waals surface area contributed by atoms with Gasteiger partial charge in [-0.05, 0) is 19.2 Å². The fraction of sp³-hybridized carbons (Fsp3) is 0.167. The van der Waals surface area contributed by atoms with Gasteiger partial charge in [0, 0.05) is 5.39 Å². The highest BCUT2D eigenvalue weighted by atomic mass is 16.1. The van der Waals surface area contributed by atoms with Crippen molar-refractivity contribution in [2.45, 2.75) is 0 Å². The first-order valence-electron chi connectivity index (χ1n) is 5.09. The summed E-state index contributed by atoms with van der Waals surface area (Å²) >= 11 is 0. The number of likely N-dealkylation sites (N-methyl/N-ethyl adjacent to an activating group) is 1. The molecule has 0 aliphatic heterocycles. The summed E-state index contributed by atoms with van der Waals surface area (Å²) in [6.45, 7) is 0.298. The number of rotatable bonds is 3. The molecule has 0 spiro atoms. The first kappa shape index (κ1) is 10.6. The van der Waals surface area contributed by atoms with E-state index in [0.717, 1.165) is 16.6 Å². The molecule has 0 atom stereocenters. The predicted octanol–water partition coefficient (Wildman–Crippen LogP) is 1.39. The maximum atomic E-state index is 11.3. The Labute approximate surface area is 93.7 Å². The Kier molecular flexibility index (Phi) is 3.12. The largest absolute Gasteiger partial charge is 0.324 e. The smallest absolute Gasteiger partial charge is 0.238 e. The molecule has 82 valence electrons. The van der Waals surface area contributed by atoms with Gasteiger partial charge in [-0.25, -0.2) is 0 Å². The van der Waals surface area contributed by atoms with Crippen molar-refractivity contribution in [2.24, 2.45) is 0 Å². The molecule has 0 aliphatic carbocycles. The summed E-state index contributed by atoms with van der Waals surface area (Å²) < 4.78 is 0. The molecule has 1 aromatic heterocycles. The van der Waals surface area contributed by atoms with E-state index < -0.39 is 0 Å². The number of hydrogen-bond acceptors (Lipinski definition) is 3. The van der Waals surface area contributed by atoms with Crippen LogP contribution in [-0.4, -0.2) is 24.5 Å². The lowest BCUT2D eigenvalue weighted by Crippen LogP contribution is -2.25. The number of amides is 1. The van der Waals surface area contributed by atoms with Crippen LogP contribution in [0.2, 0.25) is 0 Å². The average molecular weight is 215 g/mol. The number of nitrogens with one attached hydrogen (secondary N) is 2. The minimum atomic E-state index is -0.0698. The van der Waals surface area contributed by atoms with Gasteiger partial charge in [-0.2, -0.15) is 0 Å². The molecule has 1 aromatic carbocycles. The van der Waals surface area contributed by atoms with E-state index in [0.29, 0.717) is 6.54 Å². The van der Waals surface area contributed by atoms with Crippen LogP contribution in [0.15, 0.2) is 36.5 Å². The third-order valence-electron chi connectivity index (χ3n) is 2.21. The molecule has 4 heteroatoms. The molecule has 0 radical (unpaired) electrons. The van der Waals surface area contributed by atoms with Gasteiger partial charge in [-0.1, -0.05) is 18.2 Å². The van der Waals surface area contributed by atoms with Crippen molar-refractivity contribution < 1.29 is 4.79 Å². The highest BCUT2D eigenvalue weighted by Crippen LogP contribution is 2.15. The van der Waals surface area contributed by atoms with Gasteiger partial charge in [0.05, 0.1) is 23.9 Å². The number of fused-ring (bicyclic) bond motifs is 1. The number of benzene rings is 1. The molecule has 0 fully saturated rings. The Balaban J connectivity index is 2.22. The SMILES string of the molecule is CNCC(=O)Nc1cnc2ccccc2c1. The number of aromatic nitrogens is 1. The van der Waals surface area contributed by atoms with E-state index in [1.165, 1.54) is 0 Å². The molecule has 1 amide bonds. The van der Waals surface area contributed by atoms with E-state index >= 15 is 0 Å². The lowest BCUT2D eigenvalue weighted by atomic mass is 10.2. The standard InChI is InChI=1S/C12H13N3O/c1-13-8-12(16)15-10-6-9-4-2-3-5-11(9)14-7-10/h2-7,13H,8H2,1H3,(H,15,16). The zero-order chi connectivity index (χ0) is 11.4. The average Bonchev–Trinajstić information content (AvgIpc) is 2.29. The van der Waals surface area contributed by atoms with Crippen LogP contribution >= 0.6 is 0 Å². The number of hydrogen-bond donors (Lipinski definition) is 2. The van der Waals surface area contributed by atoms with Crippen molar-refractivity contribution in [3.8, 4) is 0 Å². The molecule has 0 saturated carbocycles. The first-order chi connectivity index (χ1) is 7.79. The minimum Gasteiger partial charge on any atom is -0.324 e. The summed E-state index contributed by atoms with van der Waals surface area (Å²) in [5, 5.41) is 6.58. The predicted molar refractivity (Wildman–Crippen MR) is 64.3 cm³/mol. The minimum absolute atomic E-state index is 0.0698. The topological polar surface area (TPSA) is 54.0 Å². The second-order valence-electron chi connectivity index (χ2n) is 3.50. The summed E-state index contributed by atoms with van der Waals surface area (Å²) in [7, 11) is 1.73. The highest BCUT2D eigenvalue weighted by molar-refractivity contribution is 5.94. The van der Waals surface area contributed by atoms with Gasteiger partial charge in [0.15, 0.2) is 0 Å². The summed E-state index contributed by atoms with van der Waals surface area (Å²) in [5.74, 6) is -0.0698. The van der Waals surface area contributed by atoms with Crippen LogP contribution in [0.1, 0.15) is 0 Å². The van der Waals surface area contributed by atoms with Crippen molar-refractivity contribution >= 4 is 22.5 Å². The van der Waals surface area contributed by atoms with E-state index in [9.17, 15) is 4.79 Å². The third kappa shape index (κ3) is 2.35. The van der Waals surface area contributed by atoms with E-state index in [4.69, 9.17) is 0 Å². The first-order valence-corrected chi connectivity index (χ1v) is 5.09.